The summed E-state index contributed by atoms with van der Waals surface area (Å²) < 4.78 is 0. The van der Waals surface area contributed by atoms with Gasteiger partial charge in [0.25, 0.3) is 0 Å². The van der Waals surface area contributed by atoms with Crippen LogP contribution in [-0.4, -0.2) is 28.5 Å². The quantitative estimate of drug-likeness (QED) is 0.676. The van der Waals surface area contributed by atoms with Crippen LogP contribution in [0, 0.1) is 6.92 Å². The second-order valence-electron chi connectivity index (χ2n) is 3.61. The van der Waals surface area contributed by atoms with Crippen molar-refractivity contribution in [2.75, 3.05) is 17.2 Å². The third kappa shape index (κ3) is 1.47. The van der Waals surface area contributed by atoms with Gasteiger partial charge in [-0.05, 0) is 13.3 Å². The number of carbonyl (C=O) groups excluding carboxylic acids is 1. The maximum absolute atomic E-state index is 11.1. The second kappa shape index (κ2) is 3.38. The summed E-state index contributed by atoms with van der Waals surface area (Å²) in [5, 5.41) is 0. The SMILES string of the molecule is Cc1c(N)ncnc1N1CCC1C(N)=O. The minimum Gasteiger partial charge on any atom is -0.383 e. The zero-order valence-electron chi connectivity index (χ0n) is 8.47. The molecule has 4 N–H and O–H groups in total. The van der Waals surface area contributed by atoms with E-state index in [1.165, 1.54) is 6.33 Å². The Bertz CT molecular complexity index is 405. The van der Waals surface area contributed by atoms with E-state index in [1.54, 1.807) is 0 Å². The maximum Gasteiger partial charge on any atom is 0.240 e. The van der Waals surface area contributed by atoms with Gasteiger partial charge in [-0.25, -0.2) is 9.97 Å². The Kier molecular flexibility index (Phi) is 2.18. The van der Waals surface area contributed by atoms with E-state index in [9.17, 15) is 4.79 Å². The fraction of sp³-hybridized carbons (Fsp3) is 0.444. The number of amides is 1. The van der Waals surface area contributed by atoms with Crippen LogP contribution < -0.4 is 16.4 Å². The predicted molar refractivity (Wildman–Crippen MR) is 56.1 cm³/mol. The Morgan fingerprint density at radius 1 is 1.60 bits per heavy atom. The van der Waals surface area contributed by atoms with Crippen LogP contribution in [0.15, 0.2) is 6.33 Å². The van der Waals surface area contributed by atoms with E-state index in [2.05, 4.69) is 9.97 Å². The lowest BCUT2D eigenvalue weighted by Gasteiger charge is -2.40. The molecule has 15 heavy (non-hydrogen) atoms. The molecular weight excluding hydrogens is 194 g/mol. The molecule has 6 nitrogen and oxygen atoms in total. The number of aromatic nitrogens is 2. The van der Waals surface area contributed by atoms with E-state index in [0.29, 0.717) is 11.6 Å². The fourth-order valence-corrected chi connectivity index (χ4v) is 1.68. The smallest absolute Gasteiger partial charge is 0.240 e. The van der Waals surface area contributed by atoms with Crippen molar-refractivity contribution in [3.63, 3.8) is 0 Å². The van der Waals surface area contributed by atoms with E-state index in [-0.39, 0.29) is 11.9 Å². The topological polar surface area (TPSA) is 98.1 Å². The molecule has 0 bridgehead atoms. The van der Waals surface area contributed by atoms with Gasteiger partial charge in [0.2, 0.25) is 5.91 Å². The van der Waals surface area contributed by atoms with Crippen molar-refractivity contribution in [2.24, 2.45) is 5.73 Å². The molecule has 1 atom stereocenters. The van der Waals surface area contributed by atoms with Crippen molar-refractivity contribution in [2.45, 2.75) is 19.4 Å². The van der Waals surface area contributed by atoms with Gasteiger partial charge in [-0.15, -0.1) is 0 Å². The number of anilines is 2. The Morgan fingerprint density at radius 2 is 2.33 bits per heavy atom. The Labute approximate surface area is 87.3 Å². The molecule has 80 valence electrons. The lowest BCUT2D eigenvalue weighted by molar-refractivity contribution is -0.120. The standard InChI is InChI=1S/C9H13N5O/c1-5-7(10)12-4-13-9(5)14-3-2-6(14)8(11)15/h4,6H,2-3H2,1H3,(H2,11,15)(H2,10,12,13). The van der Waals surface area contributed by atoms with Gasteiger partial charge in [0.05, 0.1) is 0 Å². The zero-order chi connectivity index (χ0) is 11.0. The molecule has 1 aromatic rings. The summed E-state index contributed by atoms with van der Waals surface area (Å²) in [7, 11) is 0. The highest BCUT2D eigenvalue weighted by Gasteiger charge is 2.34. The monoisotopic (exact) mass is 207 g/mol. The molecule has 0 radical (unpaired) electrons. The van der Waals surface area contributed by atoms with Crippen LogP contribution in [0.3, 0.4) is 0 Å². The van der Waals surface area contributed by atoms with E-state index in [4.69, 9.17) is 11.5 Å². The van der Waals surface area contributed by atoms with Crippen LogP contribution in [-0.2, 0) is 4.79 Å². The molecule has 1 aromatic heterocycles. The predicted octanol–water partition coefficient (Wildman–Crippen LogP) is -0.569. The van der Waals surface area contributed by atoms with Gasteiger partial charge in [0.1, 0.15) is 24.0 Å². The average molecular weight is 207 g/mol. The first-order valence-electron chi connectivity index (χ1n) is 4.74. The van der Waals surface area contributed by atoms with Crippen LogP contribution in [0.1, 0.15) is 12.0 Å². The number of nitrogens with zero attached hydrogens (tertiary/aromatic N) is 3. The van der Waals surface area contributed by atoms with Gasteiger partial charge >= 0.3 is 0 Å². The van der Waals surface area contributed by atoms with Gasteiger partial charge in [-0.2, -0.15) is 0 Å². The third-order valence-electron chi connectivity index (χ3n) is 2.72. The average Bonchev–Trinajstić information content (AvgIpc) is 2.10. The summed E-state index contributed by atoms with van der Waals surface area (Å²) in [6.45, 7) is 2.62. The van der Waals surface area contributed by atoms with Crippen molar-refractivity contribution < 1.29 is 4.79 Å². The van der Waals surface area contributed by atoms with Crippen molar-refractivity contribution in [3.8, 4) is 0 Å². The summed E-state index contributed by atoms with van der Waals surface area (Å²) in [6, 6.07) is -0.252. The number of primary amides is 1. The second-order valence-corrected chi connectivity index (χ2v) is 3.61. The molecule has 0 aromatic carbocycles. The largest absolute Gasteiger partial charge is 0.383 e. The number of hydrogen-bond donors (Lipinski definition) is 2. The molecule has 2 rings (SSSR count). The van der Waals surface area contributed by atoms with E-state index < -0.39 is 0 Å². The molecule has 0 saturated carbocycles. The highest BCUT2D eigenvalue weighted by atomic mass is 16.1. The van der Waals surface area contributed by atoms with E-state index >= 15 is 0 Å². The zero-order valence-corrected chi connectivity index (χ0v) is 8.47. The normalized spacial score (nSPS) is 19.8. The molecule has 1 aliphatic heterocycles. The van der Waals surface area contributed by atoms with Gasteiger partial charge in [-0.1, -0.05) is 0 Å². The molecule has 1 amide bonds. The van der Waals surface area contributed by atoms with Gasteiger partial charge in [-0.3, -0.25) is 4.79 Å². The van der Waals surface area contributed by atoms with Crippen molar-refractivity contribution >= 4 is 17.5 Å². The molecular formula is C9H13N5O. The molecule has 0 spiro atoms. The summed E-state index contributed by atoms with van der Waals surface area (Å²) >= 11 is 0. The highest BCUT2D eigenvalue weighted by molar-refractivity contribution is 5.85. The van der Waals surface area contributed by atoms with Gasteiger partial charge in [0.15, 0.2) is 0 Å². The molecule has 1 unspecified atom stereocenters. The molecule has 1 saturated heterocycles. The van der Waals surface area contributed by atoms with Crippen LogP contribution in [0.2, 0.25) is 0 Å². The lowest BCUT2D eigenvalue weighted by atomic mass is 10.0. The summed E-state index contributed by atoms with van der Waals surface area (Å²) in [6.07, 6.45) is 2.17. The number of hydrogen-bond acceptors (Lipinski definition) is 5. The van der Waals surface area contributed by atoms with E-state index in [0.717, 1.165) is 18.5 Å². The first-order chi connectivity index (χ1) is 7.11. The fourth-order valence-electron chi connectivity index (χ4n) is 1.68. The van der Waals surface area contributed by atoms with E-state index in [1.807, 2.05) is 11.8 Å². The number of carbonyl (C=O) groups is 1. The lowest BCUT2D eigenvalue weighted by Crippen LogP contribution is -2.55. The summed E-state index contributed by atoms with van der Waals surface area (Å²) in [4.78, 5) is 20.9. The Hall–Kier alpha value is -1.85. The van der Waals surface area contributed by atoms with Crippen molar-refractivity contribution in [1.82, 2.24) is 9.97 Å². The number of nitrogen functional groups attached to an aromatic ring is 1. The van der Waals surface area contributed by atoms with Crippen LogP contribution in [0.4, 0.5) is 11.6 Å². The number of nitrogens with two attached hydrogens (primary N) is 2. The van der Waals surface area contributed by atoms with Gasteiger partial charge < -0.3 is 16.4 Å². The van der Waals surface area contributed by atoms with Crippen LogP contribution >= 0.6 is 0 Å². The van der Waals surface area contributed by atoms with Gasteiger partial charge in [0, 0.05) is 12.1 Å². The minimum absolute atomic E-state index is 0.252. The maximum atomic E-state index is 11.1. The molecule has 6 heteroatoms. The van der Waals surface area contributed by atoms with Crippen LogP contribution in [0.25, 0.3) is 0 Å². The van der Waals surface area contributed by atoms with Crippen molar-refractivity contribution in [3.05, 3.63) is 11.9 Å². The highest BCUT2D eigenvalue weighted by Crippen LogP contribution is 2.28. The minimum atomic E-state index is -0.321. The Morgan fingerprint density at radius 3 is 2.87 bits per heavy atom. The van der Waals surface area contributed by atoms with Crippen molar-refractivity contribution in [1.29, 1.82) is 0 Å². The third-order valence-corrected chi connectivity index (χ3v) is 2.72. The molecule has 2 heterocycles. The summed E-state index contributed by atoms with van der Waals surface area (Å²) in [5.41, 5.74) is 11.7. The molecule has 1 fully saturated rings. The molecule has 0 aliphatic carbocycles. The first-order valence-corrected chi connectivity index (χ1v) is 4.74. The van der Waals surface area contributed by atoms with Crippen LogP contribution in [0.5, 0.6) is 0 Å². The number of rotatable bonds is 2. The Balaban J connectivity index is 2.31. The first kappa shape index (κ1) is 9.70. The molecule has 1 aliphatic rings. The summed E-state index contributed by atoms with van der Waals surface area (Å²) in [5.74, 6) is 0.825.